The molecule has 1 aromatic heterocycles. The molecule has 25 heavy (non-hydrogen) atoms. The number of aromatic nitrogens is 3. The lowest BCUT2D eigenvalue weighted by Crippen LogP contribution is -2.27. The van der Waals surface area contributed by atoms with Gasteiger partial charge in [-0.05, 0) is 25.1 Å². The Labute approximate surface area is 158 Å². The number of ether oxygens (including phenoxy) is 1. The van der Waals surface area contributed by atoms with E-state index >= 15 is 0 Å². The Bertz CT molecular complexity index is 825. The number of nitrogens with one attached hydrogen (secondary N) is 1. The molecule has 1 heterocycles. The molecule has 132 valence electrons. The van der Waals surface area contributed by atoms with Crippen LogP contribution in [0.25, 0.3) is 5.69 Å². The Balaban J connectivity index is 1.66. The number of nitrogens with zero attached hydrogens (tertiary/aromatic N) is 3. The van der Waals surface area contributed by atoms with Crippen LogP contribution in [-0.2, 0) is 14.3 Å². The molecule has 1 unspecified atom stereocenters. The molecule has 2 aromatic rings. The molecule has 1 aromatic carbocycles. The van der Waals surface area contributed by atoms with Crippen LogP contribution in [0.15, 0.2) is 30.9 Å². The molecule has 1 amide bonds. The standard InChI is InChI=1S/C15H13Cl3N4O3/c1-14(6-15(14,17)18)13(24)25-5-12(23)21-10-4-9(16)2-3-11(10)22-8-19-7-20-22/h2-4,7-8H,5-6H2,1H3,(H,21,23). The number of rotatable bonds is 5. The Morgan fingerprint density at radius 2 is 2.12 bits per heavy atom. The summed E-state index contributed by atoms with van der Waals surface area (Å²) < 4.78 is 5.34. The molecule has 1 fully saturated rings. The Morgan fingerprint density at radius 3 is 2.72 bits per heavy atom. The second-order valence-electron chi connectivity index (χ2n) is 5.84. The number of benzene rings is 1. The van der Waals surface area contributed by atoms with Crippen LogP contribution in [-0.4, -0.2) is 37.6 Å². The number of halogens is 3. The molecule has 1 aliphatic carbocycles. The van der Waals surface area contributed by atoms with Gasteiger partial charge >= 0.3 is 5.97 Å². The first kappa shape index (κ1) is 18.0. The molecule has 0 saturated heterocycles. The molecule has 0 aliphatic heterocycles. The van der Waals surface area contributed by atoms with Crippen LogP contribution in [0.4, 0.5) is 5.69 Å². The van der Waals surface area contributed by atoms with Crippen molar-refractivity contribution in [1.29, 1.82) is 0 Å². The molecule has 0 bridgehead atoms. The van der Waals surface area contributed by atoms with E-state index in [2.05, 4.69) is 15.4 Å². The maximum atomic E-state index is 12.1. The van der Waals surface area contributed by atoms with Crippen LogP contribution >= 0.6 is 34.8 Å². The summed E-state index contributed by atoms with van der Waals surface area (Å²) in [6, 6.07) is 4.89. The number of esters is 1. The molecule has 0 radical (unpaired) electrons. The van der Waals surface area contributed by atoms with Crippen molar-refractivity contribution < 1.29 is 14.3 Å². The van der Waals surface area contributed by atoms with E-state index < -0.39 is 28.2 Å². The van der Waals surface area contributed by atoms with Gasteiger partial charge in [-0.25, -0.2) is 9.67 Å². The van der Waals surface area contributed by atoms with Crippen LogP contribution in [0.1, 0.15) is 13.3 Å². The average molecular weight is 404 g/mol. The van der Waals surface area contributed by atoms with E-state index in [0.29, 0.717) is 16.4 Å². The van der Waals surface area contributed by atoms with Gasteiger partial charge in [-0.2, -0.15) is 5.10 Å². The summed E-state index contributed by atoms with van der Waals surface area (Å²) in [5.74, 6) is -1.15. The fourth-order valence-electron chi connectivity index (χ4n) is 2.24. The van der Waals surface area contributed by atoms with Crippen LogP contribution in [0.3, 0.4) is 0 Å². The van der Waals surface area contributed by atoms with Gasteiger partial charge in [0.05, 0.1) is 11.4 Å². The van der Waals surface area contributed by atoms with Gasteiger partial charge < -0.3 is 10.1 Å². The van der Waals surface area contributed by atoms with Crippen molar-refractivity contribution in [2.24, 2.45) is 5.41 Å². The highest BCUT2D eigenvalue weighted by Gasteiger charge is 2.69. The number of carbonyl (C=O) groups is 2. The monoisotopic (exact) mass is 402 g/mol. The fraction of sp³-hybridized carbons (Fsp3) is 0.333. The first-order chi connectivity index (χ1) is 11.7. The number of amides is 1. The number of anilines is 1. The Hall–Kier alpha value is -1.83. The van der Waals surface area contributed by atoms with Crippen molar-refractivity contribution >= 4 is 52.4 Å². The second-order valence-corrected chi connectivity index (χ2v) is 7.76. The predicted molar refractivity (Wildman–Crippen MR) is 93.1 cm³/mol. The summed E-state index contributed by atoms with van der Waals surface area (Å²) in [7, 11) is 0. The molecule has 0 spiro atoms. The van der Waals surface area contributed by atoms with E-state index in [1.54, 1.807) is 25.1 Å². The zero-order valence-electron chi connectivity index (χ0n) is 13.0. The van der Waals surface area contributed by atoms with Gasteiger partial charge in [0.15, 0.2) is 6.61 Å². The summed E-state index contributed by atoms with van der Waals surface area (Å²) in [5, 5.41) is 7.07. The van der Waals surface area contributed by atoms with E-state index in [-0.39, 0.29) is 6.42 Å². The molecule has 7 nitrogen and oxygen atoms in total. The minimum absolute atomic E-state index is 0.286. The van der Waals surface area contributed by atoms with Crippen molar-refractivity contribution in [2.45, 2.75) is 17.7 Å². The van der Waals surface area contributed by atoms with Gasteiger partial charge in [0, 0.05) is 11.4 Å². The summed E-state index contributed by atoms with van der Waals surface area (Å²) in [6.07, 6.45) is 3.13. The molecule has 1 aliphatic rings. The number of alkyl halides is 2. The van der Waals surface area contributed by atoms with E-state index in [1.807, 2.05) is 0 Å². The highest BCUT2D eigenvalue weighted by molar-refractivity contribution is 6.53. The maximum Gasteiger partial charge on any atom is 0.315 e. The van der Waals surface area contributed by atoms with Crippen LogP contribution < -0.4 is 5.32 Å². The number of carbonyl (C=O) groups excluding carboxylic acids is 2. The van der Waals surface area contributed by atoms with Crippen molar-refractivity contribution in [3.05, 3.63) is 35.9 Å². The average Bonchev–Trinajstić information content (AvgIpc) is 2.93. The molecule has 1 saturated carbocycles. The van der Waals surface area contributed by atoms with Crippen LogP contribution in [0, 0.1) is 5.41 Å². The van der Waals surface area contributed by atoms with Gasteiger partial charge in [0.25, 0.3) is 5.91 Å². The molecule has 1 N–H and O–H groups in total. The summed E-state index contributed by atoms with van der Waals surface area (Å²) in [6.45, 7) is 1.12. The lowest BCUT2D eigenvalue weighted by molar-refractivity contribution is -0.152. The largest absolute Gasteiger partial charge is 0.455 e. The smallest absolute Gasteiger partial charge is 0.315 e. The van der Waals surface area contributed by atoms with Crippen molar-refractivity contribution in [3.8, 4) is 5.69 Å². The SMILES string of the molecule is CC1(C(=O)OCC(=O)Nc2cc(Cl)ccc2-n2cncn2)CC1(Cl)Cl. The zero-order chi connectivity index (χ0) is 18.2. The highest BCUT2D eigenvalue weighted by Crippen LogP contribution is 2.64. The van der Waals surface area contributed by atoms with Crippen LogP contribution in [0.5, 0.6) is 0 Å². The summed E-state index contributed by atoms with van der Waals surface area (Å²) in [5.41, 5.74) is -0.0183. The second kappa shape index (κ2) is 6.48. The van der Waals surface area contributed by atoms with E-state index in [9.17, 15) is 9.59 Å². The third-order valence-corrected chi connectivity index (χ3v) is 5.28. The fourth-order valence-corrected chi connectivity index (χ4v) is 3.10. The number of hydrogen-bond donors (Lipinski definition) is 1. The Morgan fingerprint density at radius 1 is 1.40 bits per heavy atom. The predicted octanol–water partition coefficient (Wildman–Crippen LogP) is 2.99. The normalized spacial score (nSPS) is 20.8. The number of hydrogen-bond acceptors (Lipinski definition) is 5. The first-order valence-corrected chi connectivity index (χ1v) is 8.36. The van der Waals surface area contributed by atoms with E-state index in [4.69, 9.17) is 39.5 Å². The third-order valence-electron chi connectivity index (χ3n) is 3.94. The molecular formula is C15H13Cl3N4O3. The zero-order valence-corrected chi connectivity index (χ0v) is 15.3. The molecular weight excluding hydrogens is 391 g/mol. The topological polar surface area (TPSA) is 86.1 Å². The Kier molecular flexibility index (Phi) is 4.66. The molecule has 10 heteroatoms. The van der Waals surface area contributed by atoms with Gasteiger partial charge in [-0.1, -0.05) is 11.6 Å². The molecule has 1 atom stereocenters. The lowest BCUT2D eigenvalue weighted by atomic mass is 10.1. The molecule has 3 rings (SSSR count). The van der Waals surface area contributed by atoms with Crippen molar-refractivity contribution in [3.63, 3.8) is 0 Å². The van der Waals surface area contributed by atoms with Gasteiger partial charge in [-0.15, -0.1) is 23.2 Å². The lowest BCUT2D eigenvalue weighted by Gasteiger charge is -2.13. The summed E-state index contributed by atoms with van der Waals surface area (Å²) >= 11 is 17.8. The van der Waals surface area contributed by atoms with E-state index in [1.165, 1.54) is 17.3 Å². The first-order valence-electron chi connectivity index (χ1n) is 7.22. The minimum atomic E-state index is -1.15. The van der Waals surface area contributed by atoms with Crippen LogP contribution in [0.2, 0.25) is 5.02 Å². The van der Waals surface area contributed by atoms with Crippen molar-refractivity contribution in [1.82, 2.24) is 14.8 Å². The van der Waals surface area contributed by atoms with Gasteiger partial charge in [0.1, 0.15) is 22.4 Å². The maximum absolute atomic E-state index is 12.1. The summed E-state index contributed by atoms with van der Waals surface area (Å²) in [4.78, 5) is 28.0. The van der Waals surface area contributed by atoms with Crippen molar-refractivity contribution in [2.75, 3.05) is 11.9 Å². The minimum Gasteiger partial charge on any atom is -0.455 e. The quantitative estimate of drug-likeness (QED) is 0.613. The van der Waals surface area contributed by atoms with Gasteiger partial charge in [0.2, 0.25) is 0 Å². The van der Waals surface area contributed by atoms with E-state index in [0.717, 1.165) is 0 Å². The third kappa shape index (κ3) is 3.58. The van der Waals surface area contributed by atoms with Gasteiger partial charge in [-0.3, -0.25) is 9.59 Å². The highest BCUT2D eigenvalue weighted by atomic mass is 35.5.